The number of hydrogen-bond acceptors (Lipinski definition) is 5. The van der Waals surface area contributed by atoms with Crippen molar-refractivity contribution in [2.45, 2.75) is 39.2 Å². The van der Waals surface area contributed by atoms with Crippen molar-refractivity contribution in [2.75, 3.05) is 26.8 Å². The lowest BCUT2D eigenvalue weighted by Gasteiger charge is -2.17. The summed E-state index contributed by atoms with van der Waals surface area (Å²) in [6, 6.07) is 9.98. The van der Waals surface area contributed by atoms with E-state index >= 15 is 0 Å². The highest BCUT2D eigenvalue weighted by molar-refractivity contribution is 6.30. The second-order valence-corrected chi connectivity index (χ2v) is 8.90. The predicted octanol–water partition coefficient (Wildman–Crippen LogP) is 4.53. The third kappa shape index (κ3) is 4.99. The number of hydrogen-bond donors (Lipinski definition) is 0. The van der Waals surface area contributed by atoms with Crippen molar-refractivity contribution < 1.29 is 14.3 Å². The van der Waals surface area contributed by atoms with Crippen LogP contribution in [0, 0.1) is 5.92 Å². The molecule has 32 heavy (non-hydrogen) atoms. The van der Waals surface area contributed by atoms with Gasteiger partial charge < -0.3 is 18.9 Å². The molecule has 3 aromatic rings. The van der Waals surface area contributed by atoms with Crippen LogP contribution in [0.25, 0.3) is 11.0 Å². The Morgan fingerprint density at radius 3 is 2.75 bits per heavy atom. The van der Waals surface area contributed by atoms with Crippen molar-refractivity contribution in [3.8, 4) is 11.6 Å². The van der Waals surface area contributed by atoms with Crippen molar-refractivity contribution >= 4 is 28.5 Å². The number of halogens is 1. The molecule has 7 nitrogen and oxygen atoms in total. The van der Waals surface area contributed by atoms with Crippen molar-refractivity contribution in [1.82, 2.24) is 19.4 Å². The molecule has 1 saturated heterocycles. The van der Waals surface area contributed by atoms with E-state index in [1.54, 1.807) is 19.5 Å². The molecular weight excluding hydrogens is 428 g/mol. The molecule has 2 aromatic heterocycles. The minimum atomic E-state index is 0.213. The number of methoxy groups -OCH3 is 1. The molecule has 1 amide bonds. The summed E-state index contributed by atoms with van der Waals surface area (Å²) in [7, 11) is 1.66. The van der Waals surface area contributed by atoms with E-state index in [9.17, 15) is 4.79 Å². The van der Waals surface area contributed by atoms with Crippen LogP contribution in [-0.4, -0.2) is 52.1 Å². The first kappa shape index (κ1) is 22.4. The molecule has 0 N–H and O–H groups in total. The van der Waals surface area contributed by atoms with Crippen molar-refractivity contribution in [2.24, 2.45) is 5.92 Å². The van der Waals surface area contributed by atoms with Gasteiger partial charge >= 0.3 is 0 Å². The first-order valence-corrected chi connectivity index (χ1v) is 11.4. The minimum absolute atomic E-state index is 0.213. The number of carbonyl (C=O) groups is 1. The average molecular weight is 457 g/mol. The fourth-order valence-electron chi connectivity index (χ4n) is 4.13. The van der Waals surface area contributed by atoms with Crippen LogP contribution in [0.1, 0.15) is 38.3 Å². The summed E-state index contributed by atoms with van der Waals surface area (Å²) < 4.78 is 13.3. The van der Waals surface area contributed by atoms with Gasteiger partial charge in [-0.1, -0.05) is 23.7 Å². The summed E-state index contributed by atoms with van der Waals surface area (Å²) in [6.45, 7) is 6.15. The monoisotopic (exact) mass is 456 g/mol. The Morgan fingerprint density at radius 1 is 1.25 bits per heavy atom. The van der Waals surface area contributed by atoms with Gasteiger partial charge in [0.1, 0.15) is 16.4 Å². The van der Waals surface area contributed by atoms with Gasteiger partial charge in [0.15, 0.2) is 0 Å². The second-order valence-electron chi connectivity index (χ2n) is 8.51. The summed E-state index contributed by atoms with van der Waals surface area (Å²) in [5.74, 6) is 1.83. The number of nitrogens with zero attached hydrogens (tertiary/aromatic N) is 4. The van der Waals surface area contributed by atoms with E-state index in [-0.39, 0.29) is 17.9 Å². The van der Waals surface area contributed by atoms with Gasteiger partial charge in [-0.2, -0.15) is 4.98 Å². The molecule has 0 bridgehead atoms. The Kier molecular flexibility index (Phi) is 6.84. The first-order valence-electron chi connectivity index (χ1n) is 11.0. The van der Waals surface area contributed by atoms with Gasteiger partial charge in [-0.05, 0) is 50.3 Å². The topological polar surface area (TPSA) is 69.5 Å². The van der Waals surface area contributed by atoms with Crippen LogP contribution < -0.4 is 9.47 Å². The average Bonchev–Trinajstić information content (AvgIpc) is 3.35. The number of fused-ring (bicyclic) bond motifs is 1. The number of pyridine rings is 1. The molecule has 4 rings (SSSR count). The predicted molar refractivity (Wildman–Crippen MR) is 124 cm³/mol. The van der Waals surface area contributed by atoms with E-state index in [2.05, 4.69) is 23.8 Å². The molecule has 0 spiro atoms. The highest BCUT2D eigenvalue weighted by Crippen LogP contribution is 2.29. The molecule has 1 aliphatic rings. The maximum absolute atomic E-state index is 12.5. The van der Waals surface area contributed by atoms with Gasteiger partial charge in [0.2, 0.25) is 11.8 Å². The van der Waals surface area contributed by atoms with E-state index in [0.717, 1.165) is 42.7 Å². The number of carbonyl (C=O) groups excluding carboxylic acids is 1. The standard InChI is InChI=1S/C24H29ClN4O3/c1-16(2)29-15-26-20-13-21(25)27-24(23(20)29)32-11-9-18-12-22(30)28(14-18)10-8-17-4-6-19(31-3)7-5-17/h4-7,13,15-16,18H,8-12,14H2,1-3H3/t18-/m1/s1. The number of aromatic nitrogens is 3. The van der Waals surface area contributed by atoms with Gasteiger partial charge in [-0.25, -0.2) is 4.98 Å². The Hall–Kier alpha value is -2.80. The van der Waals surface area contributed by atoms with E-state index < -0.39 is 0 Å². The highest BCUT2D eigenvalue weighted by Gasteiger charge is 2.29. The van der Waals surface area contributed by atoms with Crippen molar-refractivity contribution in [1.29, 1.82) is 0 Å². The van der Waals surface area contributed by atoms with Gasteiger partial charge in [-0.3, -0.25) is 4.79 Å². The first-order chi connectivity index (χ1) is 15.4. The highest BCUT2D eigenvalue weighted by atomic mass is 35.5. The fourth-order valence-corrected chi connectivity index (χ4v) is 4.31. The van der Waals surface area contributed by atoms with Crippen LogP contribution >= 0.6 is 11.6 Å². The van der Waals surface area contributed by atoms with Crippen LogP contribution in [0.3, 0.4) is 0 Å². The molecule has 3 heterocycles. The molecule has 0 aliphatic carbocycles. The summed E-state index contributed by atoms with van der Waals surface area (Å²) in [5, 5.41) is 0.363. The van der Waals surface area contributed by atoms with Crippen LogP contribution in [0.2, 0.25) is 5.15 Å². The van der Waals surface area contributed by atoms with Crippen molar-refractivity contribution in [3.05, 3.63) is 47.4 Å². The van der Waals surface area contributed by atoms with Crippen LogP contribution in [0.15, 0.2) is 36.7 Å². The summed E-state index contributed by atoms with van der Waals surface area (Å²) in [4.78, 5) is 23.2. The zero-order chi connectivity index (χ0) is 22.7. The lowest BCUT2D eigenvalue weighted by Crippen LogP contribution is -2.27. The van der Waals surface area contributed by atoms with Crippen LogP contribution in [-0.2, 0) is 11.2 Å². The SMILES string of the molecule is COc1ccc(CCN2C[C@H](CCOc3nc(Cl)cc4ncn(C(C)C)c34)CC2=O)cc1. The van der Waals surface area contributed by atoms with E-state index in [4.69, 9.17) is 21.1 Å². The molecule has 1 aromatic carbocycles. The fraction of sp³-hybridized carbons (Fsp3) is 0.458. The quantitative estimate of drug-likeness (QED) is 0.442. The van der Waals surface area contributed by atoms with Crippen LogP contribution in [0.4, 0.5) is 0 Å². The zero-order valence-electron chi connectivity index (χ0n) is 18.8. The molecule has 1 atom stereocenters. The third-order valence-corrected chi connectivity index (χ3v) is 6.13. The normalized spacial score (nSPS) is 16.3. The maximum atomic E-state index is 12.5. The second kappa shape index (κ2) is 9.77. The van der Waals surface area contributed by atoms with Crippen molar-refractivity contribution in [3.63, 3.8) is 0 Å². The molecule has 8 heteroatoms. The lowest BCUT2D eigenvalue weighted by atomic mass is 10.1. The smallest absolute Gasteiger partial charge is 0.241 e. The maximum Gasteiger partial charge on any atom is 0.241 e. The zero-order valence-corrected chi connectivity index (χ0v) is 19.5. The number of imidazole rings is 1. The summed E-state index contributed by atoms with van der Waals surface area (Å²) in [5.41, 5.74) is 2.82. The van der Waals surface area contributed by atoms with Gasteiger partial charge in [0, 0.05) is 31.6 Å². The van der Waals surface area contributed by atoms with E-state index in [1.807, 2.05) is 33.7 Å². The number of likely N-dealkylation sites (tertiary alicyclic amines) is 1. The third-order valence-electron chi connectivity index (χ3n) is 5.93. The summed E-state index contributed by atoms with van der Waals surface area (Å²) >= 11 is 6.16. The Labute approximate surface area is 193 Å². The molecule has 1 aliphatic heterocycles. The minimum Gasteiger partial charge on any atom is -0.497 e. The summed E-state index contributed by atoms with van der Waals surface area (Å²) in [6.07, 6.45) is 3.98. The molecule has 170 valence electrons. The number of amides is 1. The van der Waals surface area contributed by atoms with E-state index in [0.29, 0.717) is 24.1 Å². The van der Waals surface area contributed by atoms with Gasteiger partial charge in [-0.15, -0.1) is 0 Å². The molecule has 0 radical (unpaired) electrons. The Morgan fingerprint density at radius 2 is 2.03 bits per heavy atom. The number of benzene rings is 1. The largest absolute Gasteiger partial charge is 0.497 e. The molecule has 0 saturated carbocycles. The number of ether oxygens (including phenoxy) is 2. The molecular formula is C24H29ClN4O3. The molecule has 0 unspecified atom stereocenters. The lowest BCUT2D eigenvalue weighted by molar-refractivity contribution is -0.127. The molecule has 1 fully saturated rings. The Bertz CT molecular complexity index is 1080. The van der Waals surface area contributed by atoms with Gasteiger partial charge in [0.25, 0.3) is 0 Å². The van der Waals surface area contributed by atoms with Gasteiger partial charge in [0.05, 0.1) is 25.6 Å². The van der Waals surface area contributed by atoms with E-state index in [1.165, 1.54) is 5.56 Å². The number of rotatable bonds is 9. The Balaban J connectivity index is 1.31. The van der Waals surface area contributed by atoms with Crippen LogP contribution in [0.5, 0.6) is 11.6 Å².